The van der Waals surface area contributed by atoms with Crippen LogP contribution in [0.3, 0.4) is 0 Å². The second-order valence-corrected chi connectivity index (χ2v) is 8.16. The van der Waals surface area contributed by atoms with E-state index in [9.17, 15) is 9.90 Å². The average Bonchev–Trinajstić information content (AvgIpc) is 3.18. The summed E-state index contributed by atoms with van der Waals surface area (Å²) in [6, 6.07) is 7.37. The van der Waals surface area contributed by atoms with Crippen LogP contribution in [-0.4, -0.2) is 66.8 Å². The van der Waals surface area contributed by atoms with Gasteiger partial charge in [-0.1, -0.05) is 12.1 Å². The van der Waals surface area contributed by atoms with E-state index in [1.54, 1.807) is 12.0 Å². The lowest BCUT2D eigenvalue weighted by Gasteiger charge is -2.32. The Kier molecular flexibility index (Phi) is 5.93. The van der Waals surface area contributed by atoms with Crippen molar-refractivity contribution in [3.63, 3.8) is 0 Å². The summed E-state index contributed by atoms with van der Waals surface area (Å²) < 4.78 is 16.4. The number of nitrogens with zero attached hydrogens (tertiary/aromatic N) is 1. The highest BCUT2D eigenvalue weighted by atomic mass is 16.6. The highest BCUT2D eigenvalue weighted by Gasteiger charge is 2.54. The Bertz CT molecular complexity index is 643. The van der Waals surface area contributed by atoms with E-state index in [1.165, 1.54) is 0 Å². The average molecular weight is 378 g/mol. The third-order valence-corrected chi connectivity index (χ3v) is 5.18. The van der Waals surface area contributed by atoms with Gasteiger partial charge in [0.2, 0.25) is 0 Å². The molecule has 2 fully saturated rings. The summed E-state index contributed by atoms with van der Waals surface area (Å²) in [6.07, 6.45) is -0.393. The Labute approximate surface area is 160 Å². The van der Waals surface area contributed by atoms with E-state index in [4.69, 9.17) is 14.2 Å². The number of likely N-dealkylation sites (tertiary alicyclic amines) is 1. The third kappa shape index (κ3) is 4.36. The fourth-order valence-corrected chi connectivity index (χ4v) is 3.95. The fourth-order valence-electron chi connectivity index (χ4n) is 3.95. The lowest BCUT2D eigenvalue weighted by molar-refractivity contribution is 0.00249. The molecule has 1 aromatic rings. The Morgan fingerprint density at radius 3 is 2.59 bits per heavy atom. The molecule has 2 saturated heterocycles. The van der Waals surface area contributed by atoms with E-state index in [2.05, 4.69) is 5.32 Å². The van der Waals surface area contributed by atoms with Crippen LogP contribution in [0.5, 0.6) is 5.75 Å². The van der Waals surface area contributed by atoms with Crippen LogP contribution in [0.1, 0.15) is 26.3 Å². The first-order valence-corrected chi connectivity index (χ1v) is 9.40. The minimum absolute atomic E-state index is 0.0582. The van der Waals surface area contributed by atoms with Crippen molar-refractivity contribution in [1.82, 2.24) is 10.2 Å². The van der Waals surface area contributed by atoms with Gasteiger partial charge in [-0.15, -0.1) is 0 Å². The number of nitrogens with one attached hydrogen (secondary N) is 1. The van der Waals surface area contributed by atoms with Crippen molar-refractivity contribution >= 4 is 6.09 Å². The molecule has 2 aliphatic rings. The van der Waals surface area contributed by atoms with E-state index < -0.39 is 11.7 Å². The van der Waals surface area contributed by atoms with Gasteiger partial charge < -0.3 is 24.6 Å². The molecule has 1 aromatic carbocycles. The number of carbonyl (C=O) groups excluding carboxylic acids is 1. The van der Waals surface area contributed by atoms with Crippen molar-refractivity contribution in [3.05, 3.63) is 29.8 Å². The summed E-state index contributed by atoms with van der Waals surface area (Å²) in [5.74, 6) is 0.945. The zero-order valence-electron chi connectivity index (χ0n) is 16.5. The number of aliphatic hydroxyl groups is 1. The maximum atomic E-state index is 12.8. The minimum Gasteiger partial charge on any atom is -0.497 e. The van der Waals surface area contributed by atoms with Gasteiger partial charge in [-0.05, 0) is 38.5 Å². The Hall–Kier alpha value is -1.83. The largest absolute Gasteiger partial charge is 0.497 e. The number of hydrogen-bond acceptors (Lipinski definition) is 6. The minimum atomic E-state index is -0.583. The van der Waals surface area contributed by atoms with Crippen LogP contribution < -0.4 is 10.1 Å². The van der Waals surface area contributed by atoms with E-state index in [0.717, 1.165) is 11.3 Å². The van der Waals surface area contributed by atoms with E-state index in [-0.39, 0.29) is 30.7 Å². The summed E-state index contributed by atoms with van der Waals surface area (Å²) in [6.45, 7) is 7.09. The number of amides is 1. The maximum Gasteiger partial charge on any atom is 0.411 e. The molecule has 1 unspecified atom stereocenters. The van der Waals surface area contributed by atoms with Gasteiger partial charge >= 0.3 is 6.09 Å². The van der Waals surface area contributed by atoms with Crippen LogP contribution in [0.25, 0.3) is 0 Å². The number of hydrogen-bond donors (Lipinski definition) is 2. The molecule has 0 aliphatic carbocycles. The first-order valence-electron chi connectivity index (χ1n) is 9.40. The summed E-state index contributed by atoms with van der Waals surface area (Å²) in [5, 5.41) is 13.6. The van der Waals surface area contributed by atoms with Crippen molar-refractivity contribution < 1.29 is 24.1 Å². The first-order chi connectivity index (χ1) is 12.8. The monoisotopic (exact) mass is 378 g/mol. The normalized spacial score (nSPS) is 27.5. The fraction of sp³-hybridized carbons (Fsp3) is 0.650. The maximum absolute atomic E-state index is 12.8. The zero-order chi connectivity index (χ0) is 19.6. The first kappa shape index (κ1) is 19.9. The number of rotatable bonds is 5. The standard InChI is InChI=1S/C20H30N2O5/c1-20(2,3)27-19(24)22-16(10-23)18(15-11-26-12-17(15)22)21-9-13-5-7-14(25-4)8-6-13/h5-8,15-18,21,23H,9-12H2,1-4H3/t15-,16-,17+,18?/m0/s1. The molecule has 7 heteroatoms. The quantitative estimate of drug-likeness (QED) is 0.813. The predicted octanol–water partition coefficient (Wildman–Crippen LogP) is 1.78. The van der Waals surface area contributed by atoms with Gasteiger partial charge in [0.1, 0.15) is 11.4 Å². The Balaban J connectivity index is 1.72. The summed E-state index contributed by atoms with van der Waals surface area (Å²) in [4.78, 5) is 14.4. The molecular weight excluding hydrogens is 348 g/mol. The molecule has 2 aliphatic heterocycles. The van der Waals surface area contributed by atoms with E-state index >= 15 is 0 Å². The Morgan fingerprint density at radius 1 is 1.30 bits per heavy atom. The van der Waals surface area contributed by atoms with Gasteiger partial charge in [-0.2, -0.15) is 0 Å². The molecule has 0 bridgehead atoms. The molecule has 7 nitrogen and oxygen atoms in total. The molecule has 0 spiro atoms. The number of methoxy groups -OCH3 is 1. The molecule has 3 rings (SSSR count). The summed E-state index contributed by atoms with van der Waals surface area (Å²) in [5.41, 5.74) is 0.527. The van der Waals surface area contributed by atoms with Gasteiger partial charge in [0.05, 0.1) is 39.0 Å². The zero-order valence-corrected chi connectivity index (χ0v) is 16.5. The molecular formula is C20H30N2O5. The van der Waals surface area contributed by atoms with Crippen molar-refractivity contribution in [3.8, 4) is 5.75 Å². The summed E-state index contributed by atoms with van der Waals surface area (Å²) >= 11 is 0. The molecule has 4 atom stereocenters. The van der Waals surface area contributed by atoms with Gasteiger partial charge in [0, 0.05) is 18.5 Å². The van der Waals surface area contributed by atoms with E-state index in [1.807, 2.05) is 45.0 Å². The van der Waals surface area contributed by atoms with Crippen LogP contribution in [0.4, 0.5) is 4.79 Å². The smallest absolute Gasteiger partial charge is 0.411 e. The molecule has 150 valence electrons. The van der Waals surface area contributed by atoms with Crippen molar-refractivity contribution in [2.45, 2.75) is 51.0 Å². The lowest BCUT2D eigenvalue weighted by atomic mass is 9.96. The molecule has 2 heterocycles. The molecule has 0 radical (unpaired) electrons. The van der Waals surface area contributed by atoms with Gasteiger partial charge in [0.15, 0.2) is 0 Å². The molecule has 1 amide bonds. The van der Waals surface area contributed by atoms with Gasteiger partial charge in [-0.3, -0.25) is 4.90 Å². The second kappa shape index (κ2) is 8.04. The van der Waals surface area contributed by atoms with Crippen molar-refractivity contribution in [1.29, 1.82) is 0 Å². The van der Waals surface area contributed by atoms with Gasteiger partial charge in [-0.25, -0.2) is 4.79 Å². The van der Waals surface area contributed by atoms with Crippen LogP contribution >= 0.6 is 0 Å². The van der Waals surface area contributed by atoms with Crippen molar-refractivity contribution in [2.75, 3.05) is 26.9 Å². The molecule has 0 saturated carbocycles. The van der Waals surface area contributed by atoms with Crippen LogP contribution in [0, 0.1) is 5.92 Å². The topological polar surface area (TPSA) is 80.3 Å². The summed E-state index contributed by atoms with van der Waals surface area (Å²) in [7, 11) is 1.64. The highest BCUT2D eigenvalue weighted by Crippen LogP contribution is 2.36. The van der Waals surface area contributed by atoms with E-state index in [0.29, 0.717) is 19.8 Å². The van der Waals surface area contributed by atoms with Crippen molar-refractivity contribution in [2.24, 2.45) is 5.92 Å². The number of fused-ring (bicyclic) bond motifs is 1. The third-order valence-electron chi connectivity index (χ3n) is 5.18. The molecule has 27 heavy (non-hydrogen) atoms. The SMILES string of the molecule is COc1ccc(CNC2[C@H]3COC[C@H]3N(C(=O)OC(C)(C)C)[C@H]2CO)cc1. The van der Waals surface area contributed by atoms with Gasteiger partial charge in [0.25, 0.3) is 0 Å². The predicted molar refractivity (Wildman–Crippen MR) is 101 cm³/mol. The van der Waals surface area contributed by atoms with Crippen LogP contribution in [-0.2, 0) is 16.0 Å². The second-order valence-electron chi connectivity index (χ2n) is 8.16. The molecule has 2 N–H and O–H groups in total. The Morgan fingerprint density at radius 2 is 2.00 bits per heavy atom. The highest BCUT2D eigenvalue weighted by molar-refractivity contribution is 5.70. The molecule has 0 aromatic heterocycles. The van der Waals surface area contributed by atoms with Crippen LogP contribution in [0.2, 0.25) is 0 Å². The number of carbonyl (C=O) groups is 1. The number of aliphatic hydroxyl groups excluding tert-OH is 1. The number of ether oxygens (including phenoxy) is 3. The van der Waals surface area contributed by atoms with Crippen LogP contribution in [0.15, 0.2) is 24.3 Å². The number of benzene rings is 1. The lowest BCUT2D eigenvalue weighted by Crippen LogP contribution is -2.51.